The number of benzene rings is 2. The zero-order valence-electron chi connectivity index (χ0n) is 17.5. The standard InChI is InChI=1S/C25H25N3O2S2/c26-24(22-13-15-27-16-14-22)18-23-10-11-25(31-23)32(29,30)28-17-12-19-6-8-21(9-7-19)20-4-2-1-3-5-20/h1-11,13-16,24,28H,12,17-18,26H2. The van der Waals surface area contributed by atoms with E-state index in [-0.39, 0.29) is 6.04 Å². The Morgan fingerprint density at radius 2 is 1.56 bits per heavy atom. The molecule has 1 atom stereocenters. The van der Waals surface area contributed by atoms with Crippen molar-refractivity contribution in [2.45, 2.75) is 23.1 Å². The molecule has 0 amide bonds. The van der Waals surface area contributed by atoms with Crippen LogP contribution in [0.4, 0.5) is 0 Å². The van der Waals surface area contributed by atoms with Crippen molar-refractivity contribution in [2.24, 2.45) is 5.73 Å². The van der Waals surface area contributed by atoms with Crippen LogP contribution in [0, 0.1) is 0 Å². The molecule has 7 heteroatoms. The van der Waals surface area contributed by atoms with E-state index in [2.05, 4.69) is 34.0 Å². The van der Waals surface area contributed by atoms with E-state index in [1.165, 1.54) is 11.3 Å². The summed E-state index contributed by atoms with van der Waals surface area (Å²) in [7, 11) is -3.54. The smallest absolute Gasteiger partial charge is 0.250 e. The molecule has 164 valence electrons. The Balaban J connectivity index is 1.32. The van der Waals surface area contributed by atoms with Crippen LogP contribution < -0.4 is 10.5 Å². The van der Waals surface area contributed by atoms with Crippen LogP contribution in [0.2, 0.25) is 0 Å². The summed E-state index contributed by atoms with van der Waals surface area (Å²) >= 11 is 1.26. The van der Waals surface area contributed by atoms with Crippen molar-refractivity contribution in [1.82, 2.24) is 9.71 Å². The Kier molecular flexibility index (Phi) is 7.12. The van der Waals surface area contributed by atoms with Gasteiger partial charge >= 0.3 is 0 Å². The molecule has 0 saturated heterocycles. The summed E-state index contributed by atoms with van der Waals surface area (Å²) < 4.78 is 28.4. The first-order chi connectivity index (χ1) is 15.5. The second-order valence-corrected chi connectivity index (χ2v) is 10.7. The van der Waals surface area contributed by atoms with Crippen LogP contribution in [0.1, 0.15) is 22.0 Å². The lowest BCUT2D eigenvalue weighted by molar-refractivity contribution is 0.584. The first-order valence-electron chi connectivity index (χ1n) is 10.4. The number of thiophene rings is 1. The number of pyridine rings is 1. The van der Waals surface area contributed by atoms with Crippen LogP contribution in [0.25, 0.3) is 11.1 Å². The molecule has 2 aromatic carbocycles. The average Bonchev–Trinajstić information content (AvgIpc) is 3.30. The predicted molar refractivity (Wildman–Crippen MR) is 130 cm³/mol. The topological polar surface area (TPSA) is 85.1 Å². The average molecular weight is 464 g/mol. The fourth-order valence-corrected chi connectivity index (χ4v) is 5.94. The van der Waals surface area contributed by atoms with E-state index in [1.54, 1.807) is 18.5 Å². The van der Waals surface area contributed by atoms with Crippen molar-refractivity contribution in [3.63, 3.8) is 0 Å². The van der Waals surface area contributed by atoms with E-state index >= 15 is 0 Å². The van der Waals surface area contributed by atoms with E-state index in [1.807, 2.05) is 48.5 Å². The fourth-order valence-electron chi connectivity index (χ4n) is 3.45. The molecule has 0 spiro atoms. The minimum atomic E-state index is -3.54. The van der Waals surface area contributed by atoms with E-state index in [9.17, 15) is 8.42 Å². The lowest BCUT2D eigenvalue weighted by Crippen LogP contribution is -2.25. The Morgan fingerprint density at radius 1 is 0.875 bits per heavy atom. The molecule has 0 aliphatic rings. The first kappa shape index (κ1) is 22.4. The number of nitrogens with one attached hydrogen (secondary N) is 1. The molecule has 4 rings (SSSR count). The summed E-state index contributed by atoms with van der Waals surface area (Å²) in [6.07, 6.45) is 4.62. The molecule has 0 bridgehead atoms. The van der Waals surface area contributed by atoms with Gasteiger partial charge in [0.25, 0.3) is 0 Å². The van der Waals surface area contributed by atoms with Crippen LogP contribution in [0.3, 0.4) is 0 Å². The largest absolute Gasteiger partial charge is 0.324 e. The number of aromatic nitrogens is 1. The predicted octanol–water partition coefficient (Wildman–Crippen LogP) is 4.57. The second-order valence-electron chi connectivity index (χ2n) is 7.52. The van der Waals surface area contributed by atoms with Gasteiger partial charge in [-0.2, -0.15) is 0 Å². The number of nitrogens with zero attached hydrogens (tertiary/aromatic N) is 1. The molecule has 5 nitrogen and oxygen atoms in total. The number of rotatable bonds is 9. The highest BCUT2D eigenvalue weighted by Crippen LogP contribution is 2.25. The second kappa shape index (κ2) is 10.2. The van der Waals surface area contributed by atoms with Crippen molar-refractivity contribution in [2.75, 3.05) is 6.54 Å². The molecule has 2 heterocycles. The normalized spacial score (nSPS) is 12.5. The number of sulfonamides is 1. The number of hydrogen-bond donors (Lipinski definition) is 2. The lowest BCUT2D eigenvalue weighted by atomic mass is 10.0. The monoisotopic (exact) mass is 463 g/mol. The van der Waals surface area contributed by atoms with Crippen molar-refractivity contribution in [1.29, 1.82) is 0 Å². The van der Waals surface area contributed by atoms with Crippen LogP contribution in [-0.4, -0.2) is 19.9 Å². The number of nitrogens with two attached hydrogens (primary N) is 1. The third-order valence-corrected chi connectivity index (χ3v) is 8.28. The summed E-state index contributed by atoms with van der Waals surface area (Å²) in [5.41, 5.74) is 10.6. The minimum Gasteiger partial charge on any atom is -0.324 e. The van der Waals surface area contributed by atoms with E-state index in [4.69, 9.17) is 5.73 Å². The van der Waals surface area contributed by atoms with E-state index < -0.39 is 10.0 Å². The van der Waals surface area contributed by atoms with Crippen molar-refractivity contribution < 1.29 is 8.42 Å². The summed E-state index contributed by atoms with van der Waals surface area (Å²) in [6.45, 7) is 0.344. The van der Waals surface area contributed by atoms with Gasteiger partial charge in [0.15, 0.2) is 0 Å². The molecule has 32 heavy (non-hydrogen) atoms. The Bertz CT molecular complexity index is 1240. The highest BCUT2D eigenvalue weighted by atomic mass is 32.2. The molecule has 2 aromatic heterocycles. The van der Waals surface area contributed by atoms with Crippen molar-refractivity contribution >= 4 is 21.4 Å². The minimum absolute atomic E-state index is 0.195. The van der Waals surface area contributed by atoms with Gasteiger partial charge in [0.1, 0.15) is 4.21 Å². The maximum atomic E-state index is 12.7. The van der Waals surface area contributed by atoms with Crippen LogP contribution in [0.5, 0.6) is 0 Å². The first-order valence-corrected chi connectivity index (χ1v) is 12.7. The van der Waals surface area contributed by atoms with E-state index in [0.29, 0.717) is 23.6 Å². The molecule has 0 aliphatic heterocycles. The maximum absolute atomic E-state index is 12.7. The molecule has 0 fully saturated rings. The van der Waals surface area contributed by atoms with Gasteiger partial charge in [0.05, 0.1) is 0 Å². The van der Waals surface area contributed by atoms with Gasteiger partial charge in [-0.3, -0.25) is 4.98 Å². The van der Waals surface area contributed by atoms with Crippen molar-refractivity contribution in [3.05, 3.63) is 107 Å². The van der Waals surface area contributed by atoms with Gasteiger partial charge in [-0.1, -0.05) is 54.6 Å². The van der Waals surface area contributed by atoms with Gasteiger partial charge in [-0.25, -0.2) is 13.1 Å². The van der Waals surface area contributed by atoms with Crippen LogP contribution >= 0.6 is 11.3 Å². The third kappa shape index (κ3) is 5.69. The maximum Gasteiger partial charge on any atom is 0.250 e. The van der Waals surface area contributed by atoms with Gasteiger partial charge < -0.3 is 5.73 Å². The third-order valence-electron chi connectivity index (χ3n) is 5.22. The van der Waals surface area contributed by atoms with Gasteiger partial charge in [-0.05, 0) is 52.9 Å². The van der Waals surface area contributed by atoms with E-state index in [0.717, 1.165) is 27.1 Å². The van der Waals surface area contributed by atoms with Gasteiger partial charge in [0, 0.05) is 36.3 Å². The zero-order valence-corrected chi connectivity index (χ0v) is 19.1. The molecule has 0 aliphatic carbocycles. The Labute approximate surface area is 193 Å². The molecule has 4 aromatic rings. The Hall–Kier alpha value is -2.84. The molecule has 0 radical (unpaired) electrons. The fraction of sp³-hybridized carbons (Fsp3) is 0.160. The molecule has 3 N–H and O–H groups in total. The summed E-state index contributed by atoms with van der Waals surface area (Å²) in [5, 5.41) is 0. The van der Waals surface area contributed by atoms with Gasteiger partial charge in [0.2, 0.25) is 10.0 Å². The highest BCUT2D eigenvalue weighted by Gasteiger charge is 2.17. The quantitative estimate of drug-likeness (QED) is 0.381. The lowest BCUT2D eigenvalue weighted by Gasteiger charge is -2.10. The highest BCUT2D eigenvalue weighted by molar-refractivity contribution is 7.91. The summed E-state index contributed by atoms with van der Waals surface area (Å²) in [6, 6.07) is 25.4. The molecular formula is C25H25N3O2S2. The molecule has 0 saturated carbocycles. The zero-order chi connectivity index (χ0) is 22.4. The number of hydrogen-bond acceptors (Lipinski definition) is 5. The Morgan fingerprint density at radius 3 is 2.28 bits per heavy atom. The summed E-state index contributed by atoms with van der Waals surface area (Å²) in [5.74, 6) is 0. The van der Waals surface area contributed by atoms with Crippen molar-refractivity contribution in [3.8, 4) is 11.1 Å². The molecule has 1 unspecified atom stereocenters. The van der Waals surface area contributed by atoms with Crippen LogP contribution in [0.15, 0.2) is 95.5 Å². The van der Waals surface area contributed by atoms with Crippen LogP contribution in [-0.2, 0) is 22.9 Å². The van der Waals surface area contributed by atoms with Gasteiger partial charge in [-0.15, -0.1) is 11.3 Å². The SMILES string of the molecule is NC(Cc1ccc(S(=O)(=O)NCCc2ccc(-c3ccccc3)cc2)s1)c1ccncc1. The summed E-state index contributed by atoms with van der Waals surface area (Å²) in [4.78, 5) is 4.94. The molecular weight excluding hydrogens is 438 g/mol.